The summed E-state index contributed by atoms with van der Waals surface area (Å²) in [5, 5.41) is 11.3. The van der Waals surface area contributed by atoms with Gasteiger partial charge in [0, 0.05) is 48.8 Å². The predicted molar refractivity (Wildman–Crippen MR) is 109 cm³/mol. The molecule has 0 radical (unpaired) electrons. The van der Waals surface area contributed by atoms with Gasteiger partial charge in [-0.05, 0) is 31.2 Å². The lowest BCUT2D eigenvalue weighted by Crippen LogP contribution is -2.51. The SMILES string of the molecule is Cn1nc(C(=O)NC2CC(C)(F)C2)c2ccc(NC3=NCc4cccnc43)cc21. The maximum absolute atomic E-state index is 13.7. The smallest absolute Gasteiger partial charge is 0.272 e. The molecular weight excluding hydrogens is 371 g/mol. The molecule has 0 unspecified atom stereocenters. The summed E-state index contributed by atoms with van der Waals surface area (Å²) in [5.74, 6) is 0.467. The molecule has 0 spiro atoms. The van der Waals surface area contributed by atoms with Gasteiger partial charge in [-0.15, -0.1) is 0 Å². The number of amides is 1. The Morgan fingerprint density at radius 3 is 2.93 bits per heavy atom. The minimum absolute atomic E-state index is 0.136. The van der Waals surface area contributed by atoms with Gasteiger partial charge in [0.25, 0.3) is 5.91 Å². The first-order chi connectivity index (χ1) is 13.9. The van der Waals surface area contributed by atoms with Crippen LogP contribution in [0.2, 0.25) is 0 Å². The molecule has 2 aromatic heterocycles. The number of nitrogens with one attached hydrogen (secondary N) is 2. The van der Waals surface area contributed by atoms with Crippen molar-refractivity contribution in [1.29, 1.82) is 0 Å². The third-order valence-corrected chi connectivity index (χ3v) is 5.53. The van der Waals surface area contributed by atoms with E-state index < -0.39 is 5.67 Å². The van der Waals surface area contributed by atoms with E-state index in [0.717, 1.165) is 33.7 Å². The molecule has 0 saturated heterocycles. The third-order valence-electron chi connectivity index (χ3n) is 5.53. The quantitative estimate of drug-likeness (QED) is 0.718. The van der Waals surface area contributed by atoms with Crippen molar-refractivity contribution in [2.75, 3.05) is 5.32 Å². The van der Waals surface area contributed by atoms with Gasteiger partial charge >= 0.3 is 0 Å². The number of aryl methyl sites for hydroxylation is 1. The van der Waals surface area contributed by atoms with E-state index in [9.17, 15) is 9.18 Å². The lowest BCUT2D eigenvalue weighted by molar-refractivity contribution is 0.0444. The van der Waals surface area contributed by atoms with E-state index in [4.69, 9.17) is 0 Å². The molecule has 0 atom stereocenters. The number of hydrogen-bond acceptors (Lipinski definition) is 5. The first-order valence-corrected chi connectivity index (χ1v) is 9.62. The van der Waals surface area contributed by atoms with E-state index >= 15 is 0 Å². The highest BCUT2D eigenvalue weighted by Gasteiger charge is 2.41. The highest BCUT2D eigenvalue weighted by molar-refractivity contribution is 6.11. The van der Waals surface area contributed by atoms with Crippen molar-refractivity contribution in [3.05, 3.63) is 53.5 Å². The molecule has 1 saturated carbocycles. The lowest BCUT2D eigenvalue weighted by atomic mass is 9.79. The van der Waals surface area contributed by atoms with Crippen LogP contribution in [0.25, 0.3) is 10.9 Å². The summed E-state index contributed by atoms with van der Waals surface area (Å²) in [4.78, 5) is 21.6. The van der Waals surface area contributed by atoms with Crippen LogP contribution >= 0.6 is 0 Å². The number of hydrogen-bond donors (Lipinski definition) is 2. The van der Waals surface area contributed by atoms with E-state index in [1.54, 1.807) is 24.9 Å². The van der Waals surface area contributed by atoms with Crippen molar-refractivity contribution in [2.24, 2.45) is 12.0 Å². The topological polar surface area (TPSA) is 84.2 Å². The summed E-state index contributed by atoms with van der Waals surface area (Å²) in [6, 6.07) is 9.49. The molecule has 3 aromatic rings. The number of pyridine rings is 1. The van der Waals surface area contributed by atoms with Crippen molar-refractivity contribution in [2.45, 2.75) is 38.0 Å². The van der Waals surface area contributed by atoms with Crippen molar-refractivity contribution in [3.63, 3.8) is 0 Å². The van der Waals surface area contributed by atoms with Crippen molar-refractivity contribution < 1.29 is 9.18 Å². The van der Waals surface area contributed by atoms with Crippen LogP contribution < -0.4 is 10.6 Å². The number of halogens is 1. The molecular formula is C21H21FN6O. The van der Waals surface area contributed by atoms with Crippen LogP contribution in [-0.4, -0.2) is 38.2 Å². The lowest BCUT2D eigenvalue weighted by Gasteiger charge is -2.38. The zero-order valence-electron chi connectivity index (χ0n) is 16.2. The molecule has 2 aliphatic rings. The van der Waals surface area contributed by atoms with Gasteiger partial charge < -0.3 is 10.6 Å². The number of benzene rings is 1. The highest BCUT2D eigenvalue weighted by atomic mass is 19.1. The van der Waals surface area contributed by atoms with Crippen molar-refractivity contribution >= 4 is 28.3 Å². The normalized spacial score (nSPS) is 22.7. The fourth-order valence-corrected chi connectivity index (χ4v) is 4.08. The van der Waals surface area contributed by atoms with Crippen molar-refractivity contribution in [3.8, 4) is 0 Å². The van der Waals surface area contributed by atoms with E-state index in [-0.39, 0.29) is 11.9 Å². The molecule has 3 heterocycles. The third kappa shape index (κ3) is 3.14. The molecule has 1 amide bonds. The van der Waals surface area contributed by atoms with Gasteiger partial charge in [0.05, 0.1) is 12.1 Å². The highest BCUT2D eigenvalue weighted by Crippen LogP contribution is 2.35. The van der Waals surface area contributed by atoms with E-state index in [2.05, 4.69) is 25.7 Å². The van der Waals surface area contributed by atoms with E-state index in [1.165, 1.54) is 0 Å². The fourth-order valence-electron chi connectivity index (χ4n) is 4.08. The number of nitrogens with zero attached hydrogens (tertiary/aromatic N) is 4. The van der Waals surface area contributed by atoms with E-state index in [1.807, 2.05) is 30.3 Å². The van der Waals surface area contributed by atoms with Crippen LogP contribution in [0.1, 0.15) is 41.5 Å². The van der Waals surface area contributed by atoms with Crippen LogP contribution in [-0.2, 0) is 13.6 Å². The zero-order valence-corrected chi connectivity index (χ0v) is 16.2. The summed E-state index contributed by atoms with van der Waals surface area (Å²) in [6.07, 6.45) is 2.44. The van der Waals surface area contributed by atoms with Gasteiger partial charge in [0.2, 0.25) is 0 Å². The maximum atomic E-state index is 13.7. The molecule has 1 aliphatic heterocycles. The minimum Gasteiger partial charge on any atom is -0.348 e. The average molecular weight is 392 g/mol. The van der Waals surface area contributed by atoms with Gasteiger partial charge in [-0.25, -0.2) is 4.39 Å². The molecule has 0 bridgehead atoms. The summed E-state index contributed by atoms with van der Waals surface area (Å²) < 4.78 is 15.4. The van der Waals surface area contributed by atoms with Gasteiger partial charge in [0.15, 0.2) is 11.5 Å². The number of carbonyl (C=O) groups excluding carboxylic acids is 1. The van der Waals surface area contributed by atoms with Gasteiger partial charge in [-0.3, -0.25) is 19.5 Å². The Labute approximate surface area is 167 Å². The average Bonchev–Trinajstić information content (AvgIpc) is 3.22. The summed E-state index contributed by atoms with van der Waals surface area (Å²) in [7, 11) is 1.80. The van der Waals surface area contributed by atoms with Crippen LogP contribution in [0.15, 0.2) is 41.5 Å². The summed E-state index contributed by atoms with van der Waals surface area (Å²) >= 11 is 0. The Balaban J connectivity index is 1.38. The van der Waals surface area contributed by atoms with Gasteiger partial charge in [-0.2, -0.15) is 5.10 Å². The Hall–Kier alpha value is -3.29. The predicted octanol–water partition coefficient (Wildman–Crippen LogP) is 2.96. The first kappa shape index (κ1) is 17.8. The molecule has 1 fully saturated rings. The van der Waals surface area contributed by atoms with Crippen molar-refractivity contribution in [1.82, 2.24) is 20.1 Å². The standard InChI is InChI=1S/C21H21FN6O/c1-21(22)9-14(10-21)26-20(29)18-15-6-5-13(8-16(15)28(2)27-18)25-19-17-12(11-24-19)4-3-7-23-17/h3-8,14H,9-11H2,1-2H3,(H,24,25)(H,26,29). The number of amidine groups is 1. The second-order valence-corrected chi connectivity index (χ2v) is 8.00. The molecule has 1 aromatic carbocycles. The number of anilines is 1. The summed E-state index contributed by atoms with van der Waals surface area (Å²) in [5.41, 5.74) is 2.79. The molecule has 29 heavy (non-hydrogen) atoms. The van der Waals surface area contributed by atoms with Gasteiger partial charge in [0.1, 0.15) is 11.4 Å². The Morgan fingerprint density at radius 1 is 1.31 bits per heavy atom. The second kappa shape index (κ2) is 6.37. The van der Waals surface area contributed by atoms with Gasteiger partial charge in [-0.1, -0.05) is 6.07 Å². The number of fused-ring (bicyclic) bond motifs is 2. The van der Waals surface area contributed by atoms with E-state index in [0.29, 0.717) is 25.1 Å². The maximum Gasteiger partial charge on any atom is 0.272 e. The molecule has 1 aliphatic carbocycles. The number of carbonyl (C=O) groups is 1. The second-order valence-electron chi connectivity index (χ2n) is 8.00. The number of aliphatic imine (C=N–C) groups is 1. The van der Waals surface area contributed by atoms with Crippen LogP contribution in [0.5, 0.6) is 0 Å². The Bertz CT molecular complexity index is 1160. The van der Waals surface area contributed by atoms with Crippen LogP contribution in [0.4, 0.5) is 10.1 Å². The largest absolute Gasteiger partial charge is 0.348 e. The Morgan fingerprint density at radius 2 is 2.14 bits per heavy atom. The Kier molecular flexibility index (Phi) is 3.90. The molecule has 148 valence electrons. The number of aromatic nitrogens is 3. The number of rotatable bonds is 3. The summed E-state index contributed by atoms with van der Waals surface area (Å²) in [6.45, 7) is 2.17. The molecule has 8 heteroatoms. The molecule has 2 N–H and O–H groups in total. The van der Waals surface area contributed by atoms with Crippen LogP contribution in [0.3, 0.4) is 0 Å². The number of alkyl halides is 1. The monoisotopic (exact) mass is 392 g/mol. The fraction of sp³-hybridized carbons (Fsp3) is 0.333. The molecule has 7 nitrogen and oxygen atoms in total. The molecule has 5 rings (SSSR count). The zero-order chi connectivity index (χ0) is 20.2. The minimum atomic E-state index is -1.18. The first-order valence-electron chi connectivity index (χ1n) is 9.62. The van der Waals surface area contributed by atoms with Crippen LogP contribution in [0, 0.1) is 0 Å².